The largest absolute Gasteiger partial charge is 0.352 e. The number of benzene rings is 1. The van der Waals surface area contributed by atoms with Crippen molar-refractivity contribution in [2.75, 3.05) is 0 Å². The van der Waals surface area contributed by atoms with Crippen LogP contribution in [0, 0.1) is 11.6 Å². The van der Waals surface area contributed by atoms with Crippen molar-refractivity contribution in [1.82, 2.24) is 5.32 Å². The van der Waals surface area contributed by atoms with Gasteiger partial charge in [-0.05, 0) is 25.3 Å². The first-order valence-electron chi connectivity index (χ1n) is 6.06. The van der Waals surface area contributed by atoms with Gasteiger partial charge in [0.05, 0.1) is 6.42 Å². The molecule has 98 valence electrons. The van der Waals surface area contributed by atoms with Gasteiger partial charge in [0.25, 0.3) is 0 Å². The van der Waals surface area contributed by atoms with Crippen molar-refractivity contribution in [3.8, 4) is 0 Å². The Morgan fingerprint density at radius 3 is 2.83 bits per heavy atom. The average Bonchev–Trinajstić information content (AvgIpc) is 2.71. The zero-order chi connectivity index (χ0) is 13.1. The molecule has 1 aliphatic rings. The van der Waals surface area contributed by atoms with E-state index >= 15 is 0 Å². The van der Waals surface area contributed by atoms with Crippen LogP contribution in [0.5, 0.6) is 0 Å². The summed E-state index contributed by atoms with van der Waals surface area (Å²) in [5.74, 6) is -2.21. The Balaban J connectivity index is 1.97. The van der Waals surface area contributed by atoms with E-state index in [1.807, 2.05) is 0 Å². The molecule has 0 spiro atoms. The number of amides is 1. The van der Waals surface area contributed by atoms with E-state index in [2.05, 4.69) is 5.32 Å². The first kappa shape index (κ1) is 13.0. The van der Waals surface area contributed by atoms with Crippen LogP contribution in [0.3, 0.4) is 0 Å². The molecule has 18 heavy (non-hydrogen) atoms. The van der Waals surface area contributed by atoms with Crippen LogP contribution in [0.15, 0.2) is 18.2 Å². The van der Waals surface area contributed by atoms with E-state index in [1.54, 1.807) is 0 Å². The Hall–Kier alpha value is -1.49. The van der Waals surface area contributed by atoms with Crippen LogP contribution >= 0.6 is 0 Å². The van der Waals surface area contributed by atoms with Crippen LogP contribution in [-0.4, -0.2) is 18.0 Å². The molecule has 2 unspecified atom stereocenters. The third-order valence-corrected chi connectivity index (χ3v) is 3.30. The number of carbonyl (C=O) groups is 1. The van der Waals surface area contributed by atoms with Gasteiger partial charge in [-0.3, -0.25) is 4.79 Å². The normalized spacial score (nSPS) is 23.1. The minimum absolute atomic E-state index is 0.0358. The molecule has 1 aromatic rings. The van der Waals surface area contributed by atoms with E-state index in [0.717, 1.165) is 25.3 Å². The molecule has 0 saturated heterocycles. The summed E-state index contributed by atoms with van der Waals surface area (Å²) in [5.41, 5.74) is 5.89. The predicted molar refractivity (Wildman–Crippen MR) is 63.8 cm³/mol. The van der Waals surface area contributed by atoms with E-state index in [1.165, 1.54) is 12.1 Å². The molecule has 3 nitrogen and oxygen atoms in total. The molecular weight excluding hydrogens is 238 g/mol. The monoisotopic (exact) mass is 254 g/mol. The summed E-state index contributed by atoms with van der Waals surface area (Å²) in [6, 6.07) is 3.75. The highest BCUT2D eigenvalue weighted by Crippen LogP contribution is 2.17. The molecule has 0 radical (unpaired) electrons. The van der Waals surface area contributed by atoms with Crippen LogP contribution in [-0.2, 0) is 11.2 Å². The molecule has 0 aliphatic heterocycles. The third-order valence-electron chi connectivity index (χ3n) is 3.30. The molecule has 3 N–H and O–H groups in total. The zero-order valence-corrected chi connectivity index (χ0v) is 9.96. The van der Waals surface area contributed by atoms with Gasteiger partial charge in [0.15, 0.2) is 11.6 Å². The fraction of sp³-hybridized carbons (Fsp3) is 0.462. The van der Waals surface area contributed by atoms with Crippen LogP contribution in [0.2, 0.25) is 0 Å². The number of hydrogen-bond donors (Lipinski definition) is 2. The lowest BCUT2D eigenvalue weighted by Gasteiger charge is -2.17. The van der Waals surface area contributed by atoms with Crippen molar-refractivity contribution in [2.45, 2.75) is 37.8 Å². The highest BCUT2D eigenvalue weighted by Gasteiger charge is 2.25. The van der Waals surface area contributed by atoms with Crippen LogP contribution < -0.4 is 11.1 Å². The molecule has 0 heterocycles. The molecule has 2 rings (SSSR count). The molecule has 1 saturated carbocycles. The van der Waals surface area contributed by atoms with E-state index in [-0.39, 0.29) is 30.0 Å². The predicted octanol–water partition coefficient (Wildman–Crippen LogP) is 1.50. The summed E-state index contributed by atoms with van der Waals surface area (Å²) in [4.78, 5) is 11.7. The number of nitrogens with one attached hydrogen (secondary N) is 1. The standard InChI is InChI=1S/C13H16F2N2O/c14-9-4-1-3-8(13(9)15)7-12(18)17-11-6-2-5-10(11)16/h1,3-4,10-11H,2,5-7,16H2,(H,17,18). The van der Waals surface area contributed by atoms with Crippen molar-refractivity contribution >= 4 is 5.91 Å². The lowest BCUT2D eigenvalue weighted by Crippen LogP contribution is -2.44. The molecule has 0 aromatic heterocycles. The fourth-order valence-corrected chi connectivity index (χ4v) is 2.28. The maximum absolute atomic E-state index is 13.4. The second-order valence-corrected chi connectivity index (χ2v) is 4.66. The summed E-state index contributed by atoms with van der Waals surface area (Å²) >= 11 is 0. The summed E-state index contributed by atoms with van der Waals surface area (Å²) in [7, 11) is 0. The molecule has 1 amide bonds. The minimum atomic E-state index is -0.955. The Labute approximate surface area is 104 Å². The van der Waals surface area contributed by atoms with Crippen LogP contribution in [0.4, 0.5) is 8.78 Å². The number of carbonyl (C=O) groups excluding carboxylic acids is 1. The van der Waals surface area contributed by atoms with Gasteiger partial charge < -0.3 is 11.1 Å². The first-order chi connectivity index (χ1) is 8.58. The van der Waals surface area contributed by atoms with Gasteiger partial charge in [0, 0.05) is 17.6 Å². The maximum Gasteiger partial charge on any atom is 0.224 e. The Morgan fingerprint density at radius 2 is 2.17 bits per heavy atom. The third kappa shape index (κ3) is 2.85. The number of nitrogens with two attached hydrogens (primary N) is 1. The molecule has 5 heteroatoms. The van der Waals surface area contributed by atoms with E-state index in [0.29, 0.717) is 0 Å². The van der Waals surface area contributed by atoms with Gasteiger partial charge in [-0.2, -0.15) is 0 Å². The number of hydrogen-bond acceptors (Lipinski definition) is 2. The second-order valence-electron chi connectivity index (χ2n) is 4.66. The van der Waals surface area contributed by atoms with Crippen molar-refractivity contribution in [3.05, 3.63) is 35.4 Å². The minimum Gasteiger partial charge on any atom is -0.352 e. The lowest BCUT2D eigenvalue weighted by molar-refractivity contribution is -0.121. The molecule has 0 bridgehead atoms. The molecule has 1 fully saturated rings. The first-order valence-corrected chi connectivity index (χ1v) is 6.06. The second kappa shape index (κ2) is 5.44. The fourth-order valence-electron chi connectivity index (χ4n) is 2.28. The van der Waals surface area contributed by atoms with E-state index < -0.39 is 11.6 Å². The Morgan fingerprint density at radius 1 is 1.39 bits per heavy atom. The average molecular weight is 254 g/mol. The van der Waals surface area contributed by atoms with Gasteiger partial charge in [-0.1, -0.05) is 12.1 Å². The SMILES string of the molecule is NC1CCCC1NC(=O)Cc1cccc(F)c1F. The van der Waals surface area contributed by atoms with Gasteiger partial charge in [0.2, 0.25) is 5.91 Å². The quantitative estimate of drug-likeness (QED) is 0.859. The number of rotatable bonds is 3. The van der Waals surface area contributed by atoms with E-state index in [9.17, 15) is 13.6 Å². The highest BCUT2D eigenvalue weighted by atomic mass is 19.2. The lowest BCUT2D eigenvalue weighted by atomic mass is 10.1. The van der Waals surface area contributed by atoms with Gasteiger partial charge in [0.1, 0.15) is 0 Å². The van der Waals surface area contributed by atoms with Crippen LogP contribution in [0.25, 0.3) is 0 Å². The van der Waals surface area contributed by atoms with E-state index in [4.69, 9.17) is 5.73 Å². The molecule has 1 aliphatic carbocycles. The molecule has 2 atom stereocenters. The van der Waals surface area contributed by atoms with Crippen LogP contribution in [0.1, 0.15) is 24.8 Å². The smallest absolute Gasteiger partial charge is 0.224 e. The Kier molecular flexibility index (Phi) is 3.91. The summed E-state index contributed by atoms with van der Waals surface area (Å²) in [5, 5.41) is 2.77. The zero-order valence-electron chi connectivity index (χ0n) is 9.96. The maximum atomic E-state index is 13.4. The van der Waals surface area contributed by atoms with Crippen molar-refractivity contribution < 1.29 is 13.6 Å². The Bertz CT molecular complexity index is 451. The van der Waals surface area contributed by atoms with Gasteiger partial charge in [-0.15, -0.1) is 0 Å². The van der Waals surface area contributed by atoms with Gasteiger partial charge >= 0.3 is 0 Å². The summed E-state index contributed by atoms with van der Waals surface area (Å²) in [6.07, 6.45) is 2.56. The number of halogens is 2. The molecular formula is C13H16F2N2O. The summed E-state index contributed by atoms with van der Waals surface area (Å²) < 4.78 is 26.3. The topological polar surface area (TPSA) is 55.1 Å². The summed E-state index contributed by atoms with van der Waals surface area (Å²) in [6.45, 7) is 0. The van der Waals surface area contributed by atoms with Crippen molar-refractivity contribution in [2.24, 2.45) is 5.73 Å². The van der Waals surface area contributed by atoms with Crippen molar-refractivity contribution in [3.63, 3.8) is 0 Å². The molecule has 1 aromatic carbocycles. The highest BCUT2D eigenvalue weighted by molar-refractivity contribution is 5.79. The van der Waals surface area contributed by atoms with Crippen molar-refractivity contribution in [1.29, 1.82) is 0 Å². The van der Waals surface area contributed by atoms with Gasteiger partial charge in [-0.25, -0.2) is 8.78 Å².